The molecule has 0 fully saturated rings. The van der Waals surface area contributed by atoms with Crippen molar-refractivity contribution in [3.63, 3.8) is 0 Å². The van der Waals surface area contributed by atoms with Gasteiger partial charge in [0.25, 0.3) is 5.56 Å². The van der Waals surface area contributed by atoms with Gasteiger partial charge in [-0.05, 0) is 0 Å². The summed E-state index contributed by atoms with van der Waals surface area (Å²) in [6, 6.07) is 0. The third kappa shape index (κ3) is 1.78. The van der Waals surface area contributed by atoms with E-state index in [1.807, 2.05) is 7.05 Å². The molecular weight excluding hydrogens is 216 g/mol. The van der Waals surface area contributed by atoms with Crippen LogP contribution in [0.1, 0.15) is 5.56 Å². The monoisotopic (exact) mass is 224 g/mol. The predicted octanol–water partition coefficient (Wildman–Crippen LogP) is 0.909. The Morgan fingerprint density at radius 2 is 2.33 bits per heavy atom. The summed E-state index contributed by atoms with van der Waals surface area (Å²) in [6.45, 7) is 0. The fourth-order valence-electron chi connectivity index (χ4n) is 1.23. The molecule has 0 saturated heterocycles. The number of H-pyrrole nitrogens is 1. The van der Waals surface area contributed by atoms with Crippen LogP contribution < -0.4 is 5.56 Å². The van der Waals surface area contributed by atoms with E-state index in [-0.39, 0.29) is 11.4 Å². The van der Waals surface area contributed by atoms with Gasteiger partial charge < -0.3 is 9.55 Å². The first-order chi connectivity index (χ1) is 7.22. The molecule has 0 aromatic carbocycles. The number of rotatable bonds is 2. The number of aromatic nitrogens is 4. The van der Waals surface area contributed by atoms with E-state index in [2.05, 4.69) is 15.0 Å². The zero-order chi connectivity index (χ0) is 10.8. The van der Waals surface area contributed by atoms with E-state index in [1.165, 1.54) is 6.20 Å². The number of aryl methyl sites for hydroxylation is 1. The minimum atomic E-state index is -0.212. The van der Waals surface area contributed by atoms with Gasteiger partial charge in [0.15, 0.2) is 5.82 Å². The van der Waals surface area contributed by atoms with Gasteiger partial charge in [0.1, 0.15) is 5.69 Å². The Kier molecular flexibility index (Phi) is 2.55. The lowest BCUT2D eigenvalue weighted by Crippen LogP contribution is -2.13. The number of nitrogens with zero attached hydrogens (tertiary/aromatic N) is 3. The summed E-state index contributed by atoms with van der Waals surface area (Å²) in [4.78, 5) is 22.2. The molecule has 15 heavy (non-hydrogen) atoms. The second kappa shape index (κ2) is 3.86. The summed E-state index contributed by atoms with van der Waals surface area (Å²) in [6.07, 6.45) is 4.76. The van der Waals surface area contributed by atoms with E-state index in [0.29, 0.717) is 11.4 Å². The van der Waals surface area contributed by atoms with E-state index in [0.717, 1.165) is 5.69 Å². The normalized spacial score (nSPS) is 10.5. The van der Waals surface area contributed by atoms with Crippen molar-refractivity contribution in [2.45, 2.75) is 5.88 Å². The molecule has 0 aliphatic carbocycles. The van der Waals surface area contributed by atoms with Crippen molar-refractivity contribution in [3.8, 4) is 11.5 Å². The van der Waals surface area contributed by atoms with Gasteiger partial charge in [-0.15, -0.1) is 11.6 Å². The summed E-state index contributed by atoms with van der Waals surface area (Å²) in [7, 11) is 1.83. The minimum Gasteiger partial charge on any atom is -0.331 e. The van der Waals surface area contributed by atoms with Crippen molar-refractivity contribution in [1.82, 2.24) is 19.5 Å². The summed E-state index contributed by atoms with van der Waals surface area (Å²) >= 11 is 5.56. The Balaban J connectivity index is 2.52. The largest absolute Gasteiger partial charge is 0.331 e. The average Bonchev–Trinajstić information content (AvgIpc) is 2.64. The average molecular weight is 225 g/mol. The number of nitrogens with one attached hydrogen (secondary N) is 1. The molecule has 0 bridgehead atoms. The van der Waals surface area contributed by atoms with Gasteiger partial charge in [-0.2, -0.15) is 0 Å². The van der Waals surface area contributed by atoms with Crippen LogP contribution in [0.2, 0.25) is 0 Å². The first-order valence-electron chi connectivity index (χ1n) is 4.33. The quantitative estimate of drug-likeness (QED) is 0.772. The standard InChI is InChI=1S/C9H9ClN4O/c1-14-5-11-4-7(14)8-12-3-6(2-10)9(15)13-8/h3-5H,2H2,1H3,(H,12,13,15). The van der Waals surface area contributed by atoms with Gasteiger partial charge in [-0.25, -0.2) is 9.97 Å². The number of hydrogen-bond acceptors (Lipinski definition) is 3. The van der Waals surface area contributed by atoms with E-state index < -0.39 is 0 Å². The second-order valence-corrected chi connectivity index (χ2v) is 3.38. The number of halogens is 1. The molecule has 2 heterocycles. The summed E-state index contributed by atoms with van der Waals surface area (Å²) < 4.78 is 1.78. The van der Waals surface area contributed by atoms with Gasteiger partial charge in [-0.3, -0.25) is 4.79 Å². The highest BCUT2D eigenvalue weighted by molar-refractivity contribution is 6.17. The van der Waals surface area contributed by atoms with Crippen molar-refractivity contribution < 1.29 is 0 Å². The molecule has 0 saturated carbocycles. The maximum atomic E-state index is 11.5. The maximum absolute atomic E-state index is 11.5. The van der Waals surface area contributed by atoms with Crippen LogP contribution >= 0.6 is 11.6 Å². The molecule has 0 unspecified atom stereocenters. The number of alkyl halides is 1. The second-order valence-electron chi connectivity index (χ2n) is 3.11. The van der Waals surface area contributed by atoms with Gasteiger partial charge in [-0.1, -0.05) is 0 Å². The molecule has 0 aliphatic rings. The zero-order valence-corrected chi connectivity index (χ0v) is 8.82. The van der Waals surface area contributed by atoms with Gasteiger partial charge in [0.2, 0.25) is 0 Å². The van der Waals surface area contributed by atoms with Gasteiger partial charge in [0.05, 0.1) is 24.0 Å². The molecule has 0 radical (unpaired) electrons. The van der Waals surface area contributed by atoms with Crippen LogP contribution in [0.25, 0.3) is 11.5 Å². The SMILES string of the molecule is Cn1cncc1-c1ncc(CCl)c(=O)[nH]1. The highest BCUT2D eigenvalue weighted by Crippen LogP contribution is 2.10. The van der Waals surface area contributed by atoms with Crippen molar-refractivity contribution in [2.24, 2.45) is 7.05 Å². The Morgan fingerprint density at radius 1 is 1.53 bits per heavy atom. The van der Waals surface area contributed by atoms with Gasteiger partial charge in [0, 0.05) is 13.2 Å². The van der Waals surface area contributed by atoms with Crippen LogP contribution in [-0.2, 0) is 12.9 Å². The van der Waals surface area contributed by atoms with E-state index in [4.69, 9.17) is 11.6 Å². The zero-order valence-electron chi connectivity index (χ0n) is 8.07. The molecule has 0 atom stereocenters. The highest BCUT2D eigenvalue weighted by Gasteiger charge is 2.06. The van der Waals surface area contributed by atoms with Crippen molar-refractivity contribution in [2.75, 3.05) is 0 Å². The fraction of sp³-hybridized carbons (Fsp3) is 0.222. The maximum Gasteiger partial charge on any atom is 0.255 e. The molecule has 0 amide bonds. The van der Waals surface area contributed by atoms with E-state index in [9.17, 15) is 4.79 Å². The van der Waals surface area contributed by atoms with Crippen LogP contribution in [0.5, 0.6) is 0 Å². The Hall–Kier alpha value is -1.62. The summed E-state index contributed by atoms with van der Waals surface area (Å²) in [5.74, 6) is 0.655. The summed E-state index contributed by atoms with van der Waals surface area (Å²) in [5.41, 5.74) is 1.01. The topological polar surface area (TPSA) is 63.6 Å². The molecule has 1 N–H and O–H groups in total. The lowest BCUT2D eigenvalue weighted by Gasteiger charge is -2.01. The van der Waals surface area contributed by atoms with E-state index in [1.54, 1.807) is 17.1 Å². The lowest BCUT2D eigenvalue weighted by molar-refractivity contribution is 0.903. The molecule has 6 heteroatoms. The predicted molar refractivity (Wildman–Crippen MR) is 56.6 cm³/mol. The number of imidazole rings is 1. The van der Waals surface area contributed by atoms with Crippen LogP contribution in [0.4, 0.5) is 0 Å². The Labute approximate surface area is 90.8 Å². The summed E-state index contributed by atoms with van der Waals surface area (Å²) in [5, 5.41) is 0. The third-order valence-corrected chi connectivity index (χ3v) is 2.36. The molecule has 0 aliphatic heterocycles. The van der Waals surface area contributed by atoms with Crippen LogP contribution in [0, 0.1) is 0 Å². The molecule has 5 nitrogen and oxygen atoms in total. The van der Waals surface area contributed by atoms with Crippen molar-refractivity contribution in [3.05, 3.63) is 34.6 Å². The third-order valence-electron chi connectivity index (χ3n) is 2.08. The molecule has 2 aromatic rings. The molecule has 2 aromatic heterocycles. The molecule has 0 spiro atoms. The first kappa shape index (κ1) is 9.92. The van der Waals surface area contributed by atoms with Gasteiger partial charge >= 0.3 is 0 Å². The molecule has 2 rings (SSSR count). The highest BCUT2D eigenvalue weighted by atomic mass is 35.5. The fourth-order valence-corrected chi connectivity index (χ4v) is 1.42. The van der Waals surface area contributed by atoms with Crippen molar-refractivity contribution in [1.29, 1.82) is 0 Å². The van der Waals surface area contributed by atoms with Crippen LogP contribution in [0.15, 0.2) is 23.5 Å². The Bertz CT molecular complexity index is 531. The van der Waals surface area contributed by atoms with Crippen LogP contribution in [0.3, 0.4) is 0 Å². The van der Waals surface area contributed by atoms with Crippen molar-refractivity contribution >= 4 is 11.6 Å². The molecular formula is C9H9ClN4O. The number of hydrogen-bond donors (Lipinski definition) is 1. The molecule has 78 valence electrons. The lowest BCUT2D eigenvalue weighted by atomic mass is 10.3. The smallest absolute Gasteiger partial charge is 0.255 e. The number of aromatic amines is 1. The van der Waals surface area contributed by atoms with Crippen LogP contribution in [-0.4, -0.2) is 19.5 Å². The minimum absolute atomic E-state index is 0.161. The van der Waals surface area contributed by atoms with E-state index >= 15 is 0 Å². The Morgan fingerprint density at radius 3 is 2.87 bits per heavy atom. The first-order valence-corrected chi connectivity index (χ1v) is 4.86.